The number of nitrogens with one attached hydrogen (secondary N) is 3. The van der Waals surface area contributed by atoms with Crippen molar-refractivity contribution in [1.29, 1.82) is 5.41 Å². The molecule has 0 saturated heterocycles. The first-order valence-corrected chi connectivity index (χ1v) is 7.55. The quantitative estimate of drug-likeness (QED) is 0.453. The topological polar surface area (TPSA) is 47.9 Å². The molecule has 0 spiro atoms. The highest BCUT2D eigenvalue weighted by Crippen LogP contribution is 2.14. The molecule has 0 unspecified atom stereocenters. The number of rotatable bonds is 10. The van der Waals surface area contributed by atoms with Gasteiger partial charge in [-0.15, -0.1) is 0 Å². The Balaban J connectivity index is 2.58. The molecule has 0 aliphatic carbocycles. The van der Waals surface area contributed by atoms with Crippen LogP contribution in [0.15, 0.2) is 30.5 Å². The Morgan fingerprint density at radius 2 is 2.10 bits per heavy atom. The predicted octanol–water partition coefficient (Wildman–Crippen LogP) is 3.22. The van der Waals surface area contributed by atoms with Crippen molar-refractivity contribution in [3.63, 3.8) is 0 Å². The lowest BCUT2D eigenvalue weighted by Crippen LogP contribution is -2.18. The minimum atomic E-state index is 0.873. The molecule has 3 N–H and O–H groups in total. The van der Waals surface area contributed by atoms with Crippen molar-refractivity contribution in [1.82, 2.24) is 10.6 Å². The molecule has 0 saturated carbocycles. The fourth-order valence-electron chi connectivity index (χ4n) is 1.99. The SMILES string of the molecule is CCCCNCCc1cccc(/C(C=N)=C/NCC)c1. The zero-order valence-corrected chi connectivity index (χ0v) is 12.7. The smallest absolute Gasteiger partial charge is 0.0270 e. The van der Waals surface area contributed by atoms with E-state index < -0.39 is 0 Å². The van der Waals surface area contributed by atoms with Gasteiger partial charge in [0.25, 0.3) is 0 Å². The minimum Gasteiger partial charge on any atom is -0.391 e. The second kappa shape index (κ2) is 10.2. The number of benzene rings is 1. The Kier molecular flexibility index (Phi) is 8.40. The van der Waals surface area contributed by atoms with Crippen molar-refractivity contribution in [2.45, 2.75) is 33.1 Å². The van der Waals surface area contributed by atoms with Crippen molar-refractivity contribution in [2.24, 2.45) is 0 Å². The summed E-state index contributed by atoms with van der Waals surface area (Å²) >= 11 is 0. The van der Waals surface area contributed by atoms with Gasteiger partial charge in [0.1, 0.15) is 0 Å². The Morgan fingerprint density at radius 1 is 1.25 bits per heavy atom. The number of hydrogen-bond donors (Lipinski definition) is 3. The molecule has 1 rings (SSSR count). The molecule has 1 aromatic rings. The lowest BCUT2D eigenvalue weighted by atomic mass is 10.0. The summed E-state index contributed by atoms with van der Waals surface area (Å²) in [5, 5.41) is 14.1. The molecule has 3 nitrogen and oxygen atoms in total. The lowest BCUT2D eigenvalue weighted by Gasteiger charge is -2.07. The van der Waals surface area contributed by atoms with Crippen LogP contribution in [0.1, 0.15) is 37.8 Å². The molecule has 0 aliphatic heterocycles. The van der Waals surface area contributed by atoms with Gasteiger partial charge in [-0.25, -0.2) is 0 Å². The Hall–Kier alpha value is -1.61. The summed E-state index contributed by atoms with van der Waals surface area (Å²) in [5.74, 6) is 0. The summed E-state index contributed by atoms with van der Waals surface area (Å²) in [6.45, 7) is 7.25. The van der Waals surface area contributed by atoms with Crippen LogP contribution in [0.3, 0.4) is 0 Å². The van der Waals surface area contributed by atoms with E-state index in [9.17, 15) is 0 Å². The van der Waals surface area contributed by atoms with Crippen LogP contribution in [0.25, 0.3) is 5.57 Å². The van der Waals surface area contributed by atoms with E-state index >= 15 is 0 Å². The largest absolute Gasteiger partial charge is 0.391 e. The molecule has 0 bridgehead atoms. The molecule has 0 fully saturated rings. The average molecular weight is 273 g/mol. The molecule has 0 aliphatic rings. The zero-order valence-electron chi connectivity index (χ0n) is 12.7. The third kappa shape index (κ3) is 6.02. The van der Waals surface area contributed by atoms with E-state index in [1.54, 1.807) is 0 Å². The highest BCUT2D eigenvalue weighted by molar-refractivity contribution is 6.08. The standard InChI is InChI=1S/C17H27N3/c1-3-5-10-20-11-9-15-7-6-8-16(12-15)17(13-18)14-19-4-2/h6-8,12-14,18-20H,3-5,9-11H2,1-2H3/b17-14+,18-13?. The van der Waals surface area contributed by atoms with Crippen molar-refractivity contribution < 1.29 is 0 Å². The summed E-state index contributed by atoms with van der Waals surface area (Å²) in [7, 11) is 0. The normalized spacial score (nSPS) is 11.4. The van der Waals surface area contributed by atoms with Gasteiger partial charge < -0.3 is 16.0 Å². The number of hydrogen-bond acceptors (Lipinski definition) is 3. The first-order valence-electron chi connectivity index (χ1n) is 7.55. The van der Waals surface area contributed by atoms with E-state index in [1.807, 2.05) is 6.20 Å². The third-order valence-corrected chi connectivity index (χ3v) is 3.18. The fourth-order valence-corrected chi connectivity index (χ4v) is 1.99. The zero-order chi connectivity index (χ0) is 14.6. The average Bonchev–Trinajstić information content (AvgIpc) is 2.48. The summed E-state index contributed by atoms with van der Waals surface area (Å²) in [6.07, 6.45) is 6.82. The van der Waals surface area contributed by atoms with Crippen LogP contribution >= 0.6 is 0 Å². The molecule has 1 aromatic carbocycles. The Bertz CT molecular complexity index is 424. The molecular weight excluding hydrogens is 246 g/mol. The van der Waals surface area contributed by atoms with Gasteiger partial charge in [0.15, 0.2) is 0 Å². The van der Waals surface area contributed by atoms with E-state index in [0.717, 1.165) is 37.2 Å². The summed E-state index contributed by atoms with van der Waals surface area (Å²) in [6, 6.07) is 8.46. The predicted molar refractivity (Wildman–Crippen MR) is 88.4 cm³/mol. The minimum absolute atomic E-state index is 0.873. The summed E-state index contributed by atoms with van der Waals surface area (Å²) in [4.78, 5) is 0. The molecule has 0 heterocycles. The third-order valence-electron chi connectivity index (χ3n) is 3.18. The first kappa shape index (κ1) is 16.4. The molecule has 20 heavy (non-hydrogen) atoms. The van der Waals surface area contributed by atoms with E-state index in [4.69, 9.17) is 5.41 Å². The van der Waals surface area contributed by atoms with E-state index in [2.05, 4.69) is 48.7 Å². The van der Waals surface area contributed by atoms with Crippen LogP contribution in [-0.2, 0) is 6.42 Å². The monoisotopic (exact) mass is 273 g/mol. The molecular formula is C17H27N3. The highest BCUT2D eigenvalue weighted by atomic mass is 14.8. The maximum Gasteiger partial charge on any atom is 0.0270 e. The highest BCUT2D eigenvalue weighted by Gasteiger charge is 2.00. The number of allylic oxidation sites excluding steroid dienone is 1. The Morgan fingerprint density at radius 3 is 2.80 bits per heavy atom. The van der Waals surface area contributed by atoms with Gasteiger partial charge in [-0.1, -0.05) is 37.6 Å². The van der Waals surface area contributed by atoms with Gasteiger partial charge >= 0.3 is 0 Å². The van der Waals surface area contributed by atoms with Crippen LogP contribution in [0.5, 0.6) is 0 Å². The van der Waals surface area contributed by atoms with Crippen molar-refractivity contribution in [3.8, 4) is 0 Å². The molecule has 0 radical (unpaired) electrons. The number of unbranched alkanes of at least 4 members (excludes halogenated alkanes) is 1. The van der Waals surface area contributed by atoms with Gasteiger partial charge in [0.05, 0.1) is 0 Å². The van der Waals surface area contributed by atoms with Crippen molar-refractivity contribution in [2.75, 3.05) is 19.6 Å². The van der Waals surface area contributed by atoms with Gasteiger partial charge in [-0.05, 0) is 44.0 Å². The maximum absolute atomic E-state index is 7.51. The molecule has 0 aromatic heterocycles. The second-order valence-corrected chi connectivity index (χ2v) is 4.86. The molecule has 3 heteroatoms. The van der Waals surface area contributed by atoms with Gasteiger partial charge in [-0.3, -0.25) is 0 Å². The van der Waals surface area contributed by atoms with Crippen molar-refractivity contribution in [3.05, 3.63) is 41.6 Å². The first-order chi connectivity index (χ1) is 9.81. The van der Waals surface area contributed by atoms with Gasteiger partial charge in [0, 0.05) is 24.5 Å². The van der Waals surface area contributed by atoms with E-state index in [-0.39, 0.29) is 0 Å². The van der Waals surface area contributed by atoms with Crippen molar-refractivity contribution >= 4 is 11.8 Å². The van der Waals surface area contributed by atoms with Gasteiger partial charge in [-0.2, -0.15) is 0 Å². The Labute approximate surface area is 123 Å². The molecule has 110 valence electrons. The van der Waals surface area contributed by atoms with E-state index in [0.29, 0.717) is 0 Å². The van der Waals surface area contributed by atoms with Gasteiger partial charge in [0.2, 0.25) is 0 Å². The second-order valence-electron chi connectivity index (χ2n) is 4.86. The summed E-state index contributed by atoms with van der Waals surface area (Å²) < 4.78 is 0. The van der Waals surface area contributed by atoms with E-state index in [1.165, 1.54) is 24.6 Å². The van der Waals surface area contributed by atoms with Crippen LogP contribution < -0.4 is 10.6 Å². The van der Waals surface area contributed by atoms with Crippen LogP contribution in [0.2, 0.25) is 0 Å². The van der Waals surface area contributed by atoms with Crippen LogP contribution in [0, 0.1) is 5.41 Å². The molecule has 0 amide bonds. The maximum atomic E-state index is 7.51. The summed E-state index contributed by atoms with van der Waals surface area (Å²) in [5.41, 5.74) is 3.34. The van der Waals surface area contributed by atoms with Crippen LogP contribution in [-0.4, -0.2) is 25.8 Å². The fraction of sp³-hybridized carbons (Fsp3) is 0.471. The lowest BCUT2D eigenvalue weighted by molar-refractivity contribution is 0.640. The van der Waals surface area contributed by atoms with Crippen LogP contribution in [0.4, 0.5) is 0 Å². The molecule has 0 atom stereocenters.